The Hall–Kier alpha value is -2.27. The highest BCUT2D eigenvalue weighted by Crippen LogP contribution is 2.23. The van der Waals surface area contributed by atoms with Gasteiger partial charge in [0.25, 0.3) is 0 Å². The lowest BCUT2D eigenvalue weighted by molar-refractivity contribution is -0.138. The summed E-state index contributed by atoms with van der Waals surface area (Å²) in [4.78, 5) is 18.4. The summed E-state index contributed by atoms with van der Waals surface area (Å²) in [5.41, 5.74) is 3.71. The number of hydrogen-bond donors (Lipinski definition) is 0. The van der Waals surface area contributed by atoms with E-state index in [4.69, 9.17) is 4.74 Å². The molecule has 1 aromatic carbocycles. The number of ether oxygens (including phenoxy) is 1. The van der Waals surface area contributed by atoms with Gasteiger partial charge in [-0.05, 0) is 48.7 Å². The molecule has 1 aliphatic heterocycles. The zero-order valence-electron chi connectivity index (χ0n) is 14.7. The summed E-state index contributed by atoms with van der Waals surface area (Å²) in [5.74, 6) is -0.0891. The molecule has 0 saturated carbocycles. The molecule has 1 aromatic heterocycles. The van der Waals surface area contributed by atoms with Gasteiger partial charge in [-0.2, -0.15) is 0 Å². The van der Waals surface area contributed by atoms with Gasteiger partial charge in [0.2, 0.25) is 5.91 Å². The summed E-state index contributed by atoms with van der Waals surface area (Å²) in [6.45, 7) is 5.49. The first-order chi connectivity index (χ1) is 12.0. The maximum absolute atomic E-state index is 13.4. The van der Waals surface area contributed by atoms with Crippen LogP contribution in [0.3, 0.4) is 0 Å². The summed E-state index contributed by atoms with van der Waals surface area (Å²) >= 11 is 0. The van der Waals surface area contributed by atoms with Crippen molar-refractivity contribution >= 4 is 5.91 Å². The summed E-state index contributed by atoms with van der Waals surface area (Å²) in [7, 11) is 0. The summed E-state index contributed by atoms with van der Waals surface area (Å²) in [6, 6.07) is 10.6. The van der Waals surface area contributed by atoms with Crippen LogP contribution in [0.15, 0.2) is 36.4 Å². The Labute approximate surface area is 147 Å². The molecule has 5 heteroatoms. The van der Waals surface area contributed by atoms with E-state index in [2.05, 4.69) is 4.98 Å². The third-order valence-electron chi connectivity index (χ3n) is 4.38. The van der Waals surface area contributed by atoms with E-state index in [1.165, 1.54) is 6.07 Å². The number of morpholine rings is 1. The molecule has 25 heavy (non-hydrogen) atoms. The van der Waals surface area contributed by atoms with Gasteiger partial charge in [-0.3, -0.25) is 9.78 Å². The maximum Gasteiger partial charge on any atom is 0.222 e. The van der Waals surface area contributed by atoms with Crippen molar-refractivity contribution in [1.82, 2.24) is 9.88 Å². The number of pyridine rings is 1. The van der Waals surface area contributed by atoms with Crippen molar-refractivity contribution in [1.29, 1.82) is 0 Å². The molecule has 1 amide bonds. The normalized spacial score (nSPS) is 17.6. The molecule has 0 spiro atoms. The Morgan fingerprint density at radius 2 is 2.16 bits per heavy atom. The van der Waals surface area contributed by atoms with Gasteiger partial charge in [0, 0.05) is 18.7 Å². The number of carbonyl (C=O) groups excluding carboxylic acids is 1. The number of rotatable bonds is 4. The lowest BCUT2D eigenvalue weighted by Crippen LogP contribution is -2.42. The minimum Gasteiger partial charge on any atom is -0.368 e. The molecule has 2 aromatic rings. The summed E-state index contributed by atoms with van der Waals surface area (Å²) in [5, 5.41) is 0. The van der Waals surface area contributed by atoms with Crippen molar-refractivity contribution < 1.29 is 13.9 Å². The van der Waals surface area contributed by atoms with E-state index >= 15 is 0 Å². The molecular weight excluding hydrogens is 319 g/mol. The molecule has 2 heterocycles. The van der Waals surface area contributed by atoms with Gasteiger partial charge < -0.3 is 9.64 Å². The van der Waals surface area contributed by atoms with Crippen molar-refractivity contribution in [3.05, 3.63) is 64.7 Å². The van der Waals surface area contributed by atoms with Crippen LogP contribution < -0.4 is 0 Å². The lowest BCUT2D eigenvalue weighted by atomic mass is 10.0. The molecule has 132 valence electrons. The van der Waals surface area contributed by atoms with E-state index < -0.39 is 0 Å². The van der Waals surface area contributed by atoms with Crippen molar-refractivity contribution in [2.75, 3.05) is 19.7 Å². The highest BCUT2D eigenvalue weighted by molar-refractivity contribution is 5.75. The van der Waals surface area contributed by atoms with Gasteiger partial charge in [-0.1, -0.05) is 19.1 Å². The Kier molecular flexibility index (Phi) is 5.43. The highest BCUT2D eigenvalue weighted by Gasteiger charge is 2.25. The molecule has 0 bridgehead atoms. The number of aromatic nitrogens is 1. The molecule has 1 atom stereocenters. The second-order valence-corrected chi connectivity index (χ2v) is 6.40. The first-order valence-electron chi connectivity index (χ1n) is 8.66. The molecule has 4 nitrogen and oxygen atoms in total. The second kappa shape index (κ2) is 7.74. The number of nitrogens with zero attached hydrogens (tertiary/aromatic N) is 2. The zero-order chi connectivity index (χ0) is 17.8. The Morgan fingerprint density at radius 1 is 1.32 bits per heavy atom. The van der Waals surface area contributed by atoms with Crippen LogP contribution in [0.5, 0.6) is 0 Å². The van der Waals surface area contributed by atoms with E-state index in [-0.39, 0.29) is 17.8 Å². The molecule has 1 fully saturated rings. The van der Waals surface area contributed by atoms with Gasteiger partial charge in [0.1, 0.15) is 11.9 Å². The van der Waals surface area contributed by atoms with E-state index in [0.717, 1.165) is 22.5 Å². The minimum absolute atomic E-state index is 0.140. The van der Waals surface area contributed by atoms with E-state index in [1.807, 2.05) is 36.9 Å². The molecule has 1 aliphatic rings. The highest BCUT2D eigenvalue weighted by atomic mass is 19.1. The van der Waals surface area contributed by atoms with Crippen LogP contribution in [0.2, 0.25) is 0 Å². The molecule has 0 N–H and O–H groups in total. The predicted octanol–water partition coefficient (Wildman–Crippen LogP) is 3.43. The monoisotopic (exact) mass is 342 g/mol. The minimum atomic E-state index is -0.229. The molecule has 0 radical (unpaired) electrons. The van der Waals surface area contributed by atoms with Crippen LogP contribution in [-0.2, 0) is 16.0 Å². The van der Waals surface area contributed by atoms with Crippen LogP contribution in [-0.4, -0.2) is 35.5 Å². The fourth-order valence-electron chi connectivity index (χ4n) is 3.20. The maximum atomic E-state index is 13.4. The van der Waals surface area contributed by atoms with Gasteiger partial charge >= 0.3 is 0 Å². The molecular formula is C20H23FN2O2. The molecule has 0 unspecified atom stereocenters. The van der Waals surface area contributed by atoms with Crippen LogP contribution >= 0.6 is 0 Å². The Bertz CT molecular complexity index is 763. The average Bonchev–Trinajstić information content (AvgIpc) is 2.60. The largest absolute Gasteiger partial charge is 0.368 e. The van der Waals surface area contributed by atoms with Crippen LogP contribution in [0.4, 0.5) is 4.39 Å². The number of halogens is 1. The Balaban J connectivity index is 1.80. The first kappa shape index (κ1) is 17.5. The van der Waals surface area contributed by atoms with E-state index in [0.29, 0.717) is 32.5 Å². The van der Waals surface area contributed by atoms with Gasteiger partial charge in [0.15, 0.2) is 0 Å². The molecule has 0 aliphatic carbocycles. The van der Waals surface area contributed by atoms with Crippen molar-refractivity contribution in [2.45, 2.75) is 32.8 Å². The second-order valence-electron chi connectivity index (χ2n) is 6.40. The van der Waals surface area contributed by atoms with Gasteiger partial charge in [-0.25, -0.2) is 4.39 Å². The topological polar surface area (TPSA) is 42.4 Å². The lowest BCUT2D eigenvalue weighted by Gasteiger charge is -2.32. The fraction of sp³-hybridized carbons (Fsp3) is 0.400. The quantitative estimate of drug-likeness (QED) is 0.855. The third-order valence-corrected chi connectivity index (χ3v) is 4.38. The van der Waals surface area contributed by atoms with Gasteiger partial charge in [0.05, 0.1) is 18.8 Å². The average molecular weight is 342 g/mol. The van der Waals surface area contributed by atoms with Crippen molar-refractivity contribution in [3.63, 3.8) is 0 Å². The smallest absolute Gasteiger partial charge is 0.222 e. The van der Waals surface area contributed by atoms with Crippen LogP contribution in [0, 0.1) is 12.7 Å². The van der Waals surface area contributed by atoms with Crippen LogP contribution in [0.1, 0.15) is 42.0 Å². The molecule has 3 rings (SSSR count). The first-order valence-corrected chi connectivity index (χ1v) is 8.66. The Morgan fingerprint density at radius 3 is 2.92 bits per heavy atom. The van der Waals surface area contributed by atoms with Crippen LogP contribution in [0.25, 0.3) is 0 Å². The summed E-state index contributed by atoms with van der Waals surface area (Å²) < 4.78 is 19.3. The predicted molar refractivity (Wildman–Crippen MR) is 93.7 cm³/mol. The zero-order valence-corrected chi connectivity index (χ0v) is 14.7. The number of benzene rings is 1. The number of carbonyl (C=O) groups is 1. The third kappa shape index (κ3) is 4.42. The van der Waals surface area contributed by atoms with Crippen molar-refractivity contribution in [2.24, 2.45) is 0 Å². The van der Waals surface area contributed by atoms with Crippen molar-refractivity contribution in [3.8, 4) is 0 Å². The molecule has 1 saturated heterocycles. The van der Waals surface area contributed by atoms with E-state index in [1.54, 1.807) is 12.1 Å². The number of hydrogen-bond acceptors (Lipinski definition) is 3. The summed E-state index contributed by atoms with van der Waals surface area (Å²) in [6.07, 6.45) is 0.924. The number of amides is 1. The SMILES string of the molecule is CCC(=O)N1CCO[C@@H](c2cc(Cc3cccc(F)c3)cc(C)n2)C1. The standard InChI is InChI=1S/C20H23FN2O2/c1-3-20(24)23-7-8-25-19(13-23)18-12-16(9-14(2)22-18)10-15-5-4-6-17(21)11-15/h4-6,9,11-12,19H,3,7-8,10,13H2,1-2H3/t19-/m1/s1. The number of aryl methyl sites for hydroxylation is 1. The fourth-order valence-corrected chi connectivity index (χ4v) is 3.20. The van der Waals surface area contributed by atoms with E-state index in [9.17, 15) is 9.18 Å². The van der Waals surface area contributed by atoms with Gasteiger partial charge in [-0.15, -0.1) is 0 Å².